The summed E-state index contributed by atoms with van der Waals surface area (Å²) in [4.78, 5) is 11.2. The highest BCUT2D eigenvalue weighted by atomic mass is 32.2. The number of esters is 1. The first-order chi connectivity index (χ1) is 5.75. The number of aliphatic hydroxyl groups excluding tert-OH is 1. The van der Waals surface area contributed by atoms with E-state index in [1.54, 1.807) is 11.8 Å². The summed E-state index contributed by atoms with van der Waals surface area (Å²) in [6, 6.07) is 0. The van der Waals surface area contributed by atoms with E-state index in [1.807, 2.05) is 0 Å². The minimum Gasteiger partial charge on any atom is -0.461 e. The summed E-state index contributed by atoms with van der Waals surface area (Å²) >= 11 is 1.58. The summed E-state index contributed by atoms with van der Waals surface area (Å²) in [5.41, 5.74) is 0. The van der Waals surface area contributed by atoms with Gasteiger partial charge in [-0.1, -0.05) is 12.7 Å². The molecule has 0 aliphatic carbocycles. The van der Waals surface area contributed by atoms with Crippen molar-refractivity contribution in [3.8, 4) is 0 Å². The Labute approximate surface area is 75.8 Å². The molecule has 12 heavy (non-hydrogen) atoms. The van der Waals surface area contributed by atoms with Crippen molar-refractivity contribution in [2.45, 2.75) is 6.10 Å². The Kier molecular flexibility index (Phi) is 3.62. The van der Waals surface area contributed by atoms with Gasteiger partial charge < -0.3 is 9.84 Å². The predicted molar refractivity (Wildman–Crippen MR) is 48.0 cm³/mol. The van der Waals surface area contributed by atoms with Gasteiger partial charge in [-0.2, -0.15) is 11.8 Å². The summed E-state index contributed by atoms with van der Waals surface area (Å²) in [7, 11) is 0. The van der Waals surface area contributed by atoms with Gasteiger partial charge in [0.2, 0.25) is 0 Å². The molecule has 0 spiro atoms. The average molecular weight is 188 g/mol. The van der Waals surface area contributed by atoms with Crippen molar-refractivity contribution < 1.29 is 14.6 Å². The Bertz CT molecular complexity index is 181. The lowest BCUT2D eigenvalue weighted by molar-refractivity contribution is -0.149. The molecule has 1 fully saturated rings. The molecule has 1 saturated heterocycles. The van der Waals surface area contributed by atoms with Crippen LogP contribution in [0.1, 0.15) is 0 Å². The van der Waals surface area contributed by atoms with Crippen LogP contribution in [0.3, 0.4) is 0 Å². The molecule has 0 radical (unpaired) electrons. The lowest BCUT2D eigenvalue weighted by atomic mass is 10.1. The van der Waals surface area contributed by atoms with Gasteiger partial charge in [0.05, 0.1) is 12.0 Å². The summed E-state index contributed by atoms with van der Waals surface area (Å²) in [5, 5.41) is 9.31. The van der Waals surface area contributed by atoms with E-state index in [1.165, 1.54) is 6.08 Å². The molecule has 0 aromatic heterocycles. The van der Waals surface area contributed by atoms with Crippen LogP contribution in [0.15, 0.2) is 12.7 Å². The molecule has 2 unspecified atom stereocenters. The van der Waals surface area contributed by atoms with Crippen molar-refractivity contribution in [3.05, 3.63) is 12.7 Å². The monoisotopic (exact) mass is 188 g/mol. The number of carbonyl (C=O) groups excluding carboxylic acids is 1. The molecular weight excluding hydrogens is 176 g/mol. The van der Waals surface area contributed by atoms with Gasteiger partial charge in [-0.3, -0.25) is 4.79 Å². The van der Waals surface area contributed by atoms with E-state index in [0.717, 1.165) is 0 Å². The van der Waals surface area contributed by atoms with E-state index in [0.29, 0.717) is 11.5 Å². The largest absolute Gasteiger partial charge is 0.461 e. The van der Waals surface area contributed by atoms with E-state index in [2.05, 4.69) is 6.58 Å². The van der Waals surface area contributed by atoms with Crippen molar-refractivity contribution in [1.82, 2.24) is 0 Å². The molecule has 0 amide bonds. The van der Waals surface area contributed by atoms with Crippen molar-refractivity contribution in [2.75, 3.05) is 18.1 Å². The van der Waals surface area contributed by atoms with Crippen LogP contribution in [0.25, 0.3) is 0 Å². The van der Waals surface area contributed by atoms with Crippen molar-refractivity contribution in [2.24, 2.45) is 5.92 Å². The molecule has 4 heteroatoms. The second-order valence-electron chi connectivity index (χ2n) is 2.63. The second-order valence-corrected chi connectivity index (χ2v) is 3.70. The molecule has 2 atom stereocenters. The van der Waals surface area contributed by atoms with Gasteiger partial charge in [-0.25, -0.2) is 0 Å². The van der Waals surface area contributed by atoms with E-state index in [-0.39, 0.29) is 18.5 Å². The average Bonchev–Trinajstić information content (AvgIpc) is 2.47. The molecule has 3 nitrogen and oxygen atoms in total. The first-order valence-electron chi connectivity index (χ1n) is 3.79. The van der Waals surface area contributed by atoms with Gasteiger partial charge in [0.25, 0.3) is 0 Å². The summed E-state index contributed by atoms with van der Waals surface area (Å²) < 4.78 is 4.82. The number of ether oxygens (including phenoxy) is 1. The van der Waals surface area contributed by atoms with Crippen LogP contribution in [0.5, 0.6) is 0 Å². The van der Waals surface area contributed by atoms with Crippen LogP contribution in [0.4, 0.5) is 0 Å². The van der Waals surface area contributed by atoms with Crippen LogP contribution >= 0.6 is 11.8 Å². The lowest BCUT2D eigenvalue weighted by Crippen LogP contribution is -2.28. The maximum absolute atomic E-state index is 11.2. The standard InChI is InChI=1S/C8H12O3S/c1-2-3-11-8(10)6-4-12-5-7(6)9/h2,6-7,9H,1,3-5H2. The number of aliphatic hydroxyl groups is 1. The number of hydrogen-bond donors (Lipinski definition) is 1. The van der Waals surface area contributed by atoms with Gasteiger partial charge in [-0.15, -0.1) is 0 Å². The third kappa shape index (κ3) is 2.25. The quantitative estimate of drug-likeness (QED) is 0.515. The second kappa shape index (κ2) is 4.52. The maximum Gasteiger partial charge on any atom is 0.312 e. The normalized spacial score (nSPS) is 28.4. The first kappa shape index (κ1) is 9.61. The van der Waals surface area contributed by atoms with Gasteiger partial charge in [0, 0.05) is 11.5 Å². The Balaban J connectivity index is 2.35. The summed E-state index contributed by atoms with van der Waals surface area (Å²) in [6.07, 6.45) is 0.985. The molecule has 1 aliphatic heterocycles. The molecule has 0 aromatic carbocycles. The van der Waals surface area contributed by atoms with Crippen LogP contribution < -0.4 is 0 Å². The molecule has 1 aliphatic rings. The zero-order valence-corrected chi connectivity index (χ0v) is 7.55. The highest BCUT2D eigenvalue weighted by Gasteiger charge is 2.33. The lowest BCUT2D eigenvalue weighted by Gasteiger charge is -2.11. The van der Waals surface area contributed by atoms with Crippen molar-refractivity contribution >= 4 is 17.7 Å². The third-order valence-corrected chi connectivity index (χ3v) is 2.87. The van der Waals surface area contributed by atoms with Gasteiger partial charge in [0.15, 0.2) is 0 Å². The topological polar surface area (TPSA) is 46.5 Å². The highest BCUT2D eigenvalue weighted by molar-refractivity contribution is 7.99. The zero-order valence-electron chi connectivity index (χ0n) is 6.73. The van der Waals surface area contributed by atoms with Crippen LogP contribution in [0, 0.1) is 5.92 Å². The number of carbonyl (C=O) groups is 1. The Morgan fingerprint density at radius 3 is 3.00 bits per heavy atom. The molecule has 1 rings (SSSR count). The first-order valence-corrected chi connectivity index (χ1v) is 4.94. The van der Waals surface area contributed by atoms with E-state index < -0.39 is 6.10 Å². The fourth-order valence-corrected chi connectivity index (χ4v) is 2.24. The van der Waals surface area contributed by atoms with Gasteiger partial charge >= 0.3 is 5.97 Å². The maximum atomic E-state index is 11.2. The number of thioether (sulfide) groups is 1. The third-order valence-electron chi connectivity index (χ3n) is 1.70. The summed E-state index contributed by atoms with van der Waals surface area (Å²) in [5.74, 6) is 0.646. The molecular formula is C8H12O3S. The molecule has 1 heterocycles. The van der Waals surface area contributed by atoms with Crippen molar-refractivity contribution in [3.63, 3.8) is 0 Å². The van der Waals surface area contributed by atoms with E-state index in [4.69, 9.17) is 4.74 Å². The van der Waals surface area contributed by atoms with Crippen LogP contribution in [-0.2, 0) is 9.53 Å². The van der Waals surface area contributed by atoms with Gasteiger partial charge in [0.1, 0.15) is 6.61 Å². The molecule has 68 valence electrons. The number of rotatable bonds is 3. The highest BCUT2D eigenvalue weighted by Crippen LogP contribution is 2.24. The zero-order chi connectivity index (χ0) is 8.97. The smallest absolute Gasteiger partial charge is 0.312 e. The fraction of sp³-hybridized carbons (Fsp3) is 0.625. The van der Waals surface area contributed by atoms with Crippen LogP contribution in [-0.4, -0.2) is 35.3 Å². The number of hydrogen-bond acceptors (Lipinski definition) is 4. The van der Waals surface area contributed by atoms with E-state index >= 15 is 0 Å². The predicted octanol–water partition coefficient (Wildman–Crippen LogP) is 0.440. The van der Waals surface area contributed by atoms with Gasteiger partial charge in [-0.05, 0) is 0 Å². The summed E-state index contributed by atoms with van der Waals surface area (Å²) in [6.45, 7) is 3.66. The van der Waals surface area contributed by atoms with E-state index in [9.17, 15) is 9.90 Å². The van der Waals surface area contributed by atoms with Crippen molar-refractivity contribution in [1.29, 1.82) is 0 Å². The fourth-order valence-electron chi connectivity index (χ4n) is 1.02. The minimum atomic E-state index is -0.535. The molecule has 0 aromatic rings. The Hall–Kier alpha value is -0.480. The molecule has 0 saturated carbocycles. The Morgan fingerprint density at radius 2 is 2.50 bits per heavy atom. The molecule has 0 bridgehead atoms. The Morgan fingerprint density at radius 1 is 1.75 bits per heavy atom. The molecule has 1 N–H and O–H groups in total. The SMILES string of the molecule is C=CCOC(=O)C1CSCC1O. The van der Waals surface area contributed by atoms with Crippen LogP contribution in [0.2, 0.25) is 0 Å². The minimum absolute atomic E-state index is 0.229.